The molecule has 5 heteroatoms. The minimum absolute atomic E-state index is 0.0539. The van der Waals surface area contributed by atoms with Gasteiger partial charge in [0.15, 0.2) is 0 Å². The molecule has 0 atom stereocenters. The number of aromatic nitrogens is 1. The van der Waals surface area contributed by atoms with Gasteiger partial charge in [0.2, 0.25) is 5.91 Å². The number of amides is 1. The van der Waals surface area contributed by atoms with Crippen molar-refractivity contribution in [1.29, 1.82) is 0 Å². The van der Waals surface area contributed by atoms with Crippen LogP contribution >= 0.6 is 11.6 Å². The van der Waals surface area contributed by atoms with Gasteiger partial charge in [0.1, 0.15) is 5.15 Å². The van der Waals surface area contributed by atoms with Crippen LogP contribution < -0.4 is 10.6 Å². The van der Waals surface area contributed by atoms with E-state index in [1.54, 1.807) is 18.3 Å². The van der Waals surface area contributed by atoms with E-state index in [4.69, 9.17) is 11.6 Å². The molecule has 1 rings (SSSR count). The van der Waals surface area contributed by atoms with Crippen molar-refractivity contribution >= 4 is 17.5 Å². The second kappa shape index (κ2) is 6.98. The Morgan fingerprint density at radius 1 is 1.56 bits per heavy atom. The van der Waals surface area contributed by atoms with Gasteiger partial charge in [-0.25, -0.2) is 4.98 Å². The standard InChI is InChI=1S/C11H14ClN3O/c1-2-5-14-11(16)8-13-6-9-3-4-10(12)15-7-9/h2-4,7,13H,1,5-6,8H2,(H,14,16). The molecule has 0 saturated heterocycles. The topological polar surface area (TPSA) is 54.0 Å². The van der Waals surface area contributed by atoms with E-state index in [1.165, 1.54) is 0 Å². The third-order valence-corrected chi connectivity index (χ3v) is 2.07. The highest BCUT2D eigenvalue weighted by Crippen LogP contribution is 2.04. The van der Waals surface area contributed by atoms with Crippen molar-refractivity contribution in [3.63, 3.8) is 0 Å². The van der Waals surface area contributed by atoms with E-state index in [2.05, 4.69) is 22.2 Å². The zero-order valence-electron chi connectivity index (χ0n) is 8.87. The maximum absolute atomic E-state index is 11.2. The molecule has 2 N–H and O–H groups in total. The van der Waals surface area contributed by atoms with Crippen molar-refractivity contribution in [1.82, 2.24) is 15.6 Å². The Hall–Kier alpha value is -1.39. The first-order valence-electron chi connectivity index (χ1n) is 4.91. The molecular formula is C11H14ClN3O. The van der Waals surface area contributed by atoms with E-state index in [0.29, 0.717) is 18.2 Å². The van der Waals surface area contributed by atoms with Gasteiger partial charge in [0.25, 0.3) is 0 Å². The highest BCUT2D eigenvalue weighted by molar-refractivity contribution is 6.29. The summed E-state index contributed by atoms with van der Waals surface area (Å²) in [4.78, 5) is 15.1. The van der Waals surface area contributed by atoms with Gasteiger partial charge in [-0.15, -0.1) is 6.58 Å². The van der Waals surface area contributed by atoms with Crippen LogP contribution in [0.25, 0.3) is 0 Å². The first-order valence-corrected chi connectivity index (χ1v) is 5.29. The van der Waals surface area contributed by atoms with Gasteiger partial charge in [0, 0.05) is 19.3 Å². The molecule has 1 heterocycles. The summed E-state index contributed by atoms with van der Waals surface area (Å²) in [7, 11) is 0. The summed E-state index contributed by atoms with van der Waals surface area (Å²) in [6, 6.07) is 3.58. The van der Waals surface area contributed by atoms with Gasteiger partial charge in [-0.3, -0.25) is 4.79 Å². The smallest absolute Gasteiger partial charge is 0.234 e. The Morgan fingerprint density at radius 2 is 2.38 bits per heavy atom. The van der Waals surface area contributed by atoms with Gasteiger partial charge in [-0.1, -0.05) is 23.7 Å². The molecule has 86 valence electrons. The van der Waals surface area contributed by atoms with Crippen molar-refractivity contribution in [3.05, 3.63) is 41.7 Å². The largest absolute Gasteiger partial charge is 0.352 e. The van der Waals surface area contributed by atoms with Crippen LogP contribution in [0, 0.1) is 0 Å². The molecule has 0 bridgehead atoms. The van der Waals surface area contributed by atoms with E-state index in [9.17, 15) is 4.79 Å². The molecule has 1 amide bonds. The van der Waals surface area contributed by atoms with Gasteiger partial charge >= 0.3 is 0 Å². The summed E-state index contributed by atoms with van der Waals surface area (Å²) in [5.41, 5.74) is 0.987. The van der Waals surface area contributed by atoms with Gasteiger partial charge < -0.3 is 10.6 Å². The summed E-state index contributed by atoms with van der Waals surface area (Å²) in [5.74, 6) is -0.0539. The SMILES string of the molecule is C=CCNC(=O)CNCc1ccc(Cl)nc1. The van der Waals surface area contributed by atoms with Crippen molar-refractivity contribution < 1.29 is 4.79 Å². The second-order valence-corrected chi connectivity index (χ2v) is 3.57. The highest BCUT2D eigenvalue weighted by atomic mass is 35.5. The molecule has 0 aromatic carbocycles. The molecule has 0 aliphatic rings. The molecule has 1 aromatic rings. The summed E-state index contributed by atoms with van der Waals surface area (Å²) in [6.45, 7) is 4.87. The second-order valence-electron chi connectivity index (χ2n) is 3.19. The molecule has 0 fully saturated rings. The number of pyridine rings is 1. The summed E-state index contributed by atoms with van der Waals surface area (Å²) in [5, 5.41) is 6.14. The van der Waals surface area contributed by atoms with Crippen LogP contribution in [-0.2, 0) is 11.3 Å². The maximum atomic E-state index is 11.2. The summed E-state index contributed by atoms with van der Waals surface area (Å²) < 4.78 is 0. The molecule has 0 spiro atoms. The van der Waals surface area contributed by atoms with Gasteiger partial charge in [-0.05, 0) is 11.6 Å². The Bertz CT molecular complexity index is 351. The molecule has 4 nitrogen and oxygen atoms in total. The highest BCUT2D eigenvalue weighted by Gasteiger charge is 1.99. The number of carbonyl (C=O) groups excluding carboxylic acids is 1. The normalized spacial score (nSPS) is 9.81. The van der Waals surface area contributed by atoms with Crippen LogP contribution in [0.4, 0.5) is 0 Å². The number of halogens is 1. The number of carbonyl (C=O) groups is 1. The minimum Gasteiger partial charge on any atom is -0.352 e. The maximum Gasteiger partial charge on any atom is 0.234 e. The predicted octanol–water partition coefficient (Wildman–Crippen LogP) is 1.13. The van der Waals surface area contributed by atoms with Crippen molar-refractivity contribution in [2.45, 2.75) is 6.54 Å². The Kier molecular flexibility index (Phi) is 5.53. The zero-order valence-corrected chi connectivity index (χ0v) is 9.63. The summed E-state index contributed by atoms with van der Waals surface area (Å²) >= 11 is 5.65. The lowest BCUT2D eigenvalue weighted by Crippen LogP contribution is -2.33. The molecule has 0 saturated carbocycles. The van der Waals surface area contributed by atoms with E-state index in [0.717, 1.165) is 5.56 Å². The lowest BCUT2D eigenvalue weighted by atomic mass is 10.3. The molecule has 0 aliphatic carbocycles. The zero-order chi connectivity index (χ0) is 11.8. The van der Waals surface area contributed by atoms with E-state index < -0.39 is 0 Å². The van der Waals surface area contributed by atoms with Gasteiger partial charge in [0.05, 0.1) is 6.54 Å². The number of rotatable bonds is 6. The average Bonchev–Trinajstić information content (AvgIpc) is 2.29. The van der Waals surface area contributed by atoms with Crippen LogP contribution in [0.2, 0.25) is 5.15 Å². The van der Waals surface area contributed by atoms with E-state index >= 15 is 0 Å². The third-order valence-electron chi connectivity index (χ3n) is 1.85. The predicted molar refractivity (Wildman–Crippen MR) is 64.2 cm³/mol. The first-order chi connectivity index (χ1) is 7.72. The van der Waals surface area contributed by atoms with Crippen molar-refractivity contribution in [2.24, 2.45) is 0 Å². The molecule has 0 unspecified atom stereocenters. The Labute approximate surface area is 99.7 Å². The van der Waals surface area contributed by atoms with E-state index in [-0.39, 0.29) is 12.5 Å². The minimum atomic E-state index is -0.0539. The average molecular weight is 240 g/mol. The first kappa shape index (κ1) is 12.7. The third kappa shape index (κ3) is 4.91. The van der Waals surface area contributed by atoms with Crippen molar-refractivity contribution in [3.8, 4) is 0 Å². The monoisotopic (exact) mass is 239 g/mol. The summed E-state index contributed by atoms with van der Waals surface area (Å²) in [6.07, 6.45) is 3.32. The number of hydrogen-bond acceptors (Lipinski definition) is 3. The Morgan fingerprint density at radius 3 is 3.00 bits per heavy atom. The molecule has 0 radical (unpaired) electrons. The lowest BCUT2D eigenvalue weighted by Gasteiger charge is -2.04. The lowest BCUT2D eigenvalue weighted by molar-refractivity contribution is -0.120. The fraction of sp³-hybridized carbons (Fsp3) is 0.273. The molecule has 16 heavy (non-hydrogen) atoms. The number of nitrogens with one attached hydrogen (secondary N) is 2. The van der Waals surface area contributed by atoms with Crippen molar-refractivity contribution in [2.75, 3.05) is 13.1 Å². The fourth-order valence-electron chi connectivity index (χ4n) is 1.08. The van der Waals surface area contributed by atoms with Crippen LogP contribution in [-0.4, -0.2) is 24.0 Å². The number of hydrogen-bond donors (Lipinski definition) is 2. The molecular weight excluding hydrogens is 226 g/mol. The van der Waals surface area contributed by atoms with Crippen LogP contribution in [0.3, 0.4) is 0 Å². The quantitative estimate of drug-likeness (QED) is 0.578. The fourth-order valence-corrected chi connectivity index (χ4v) is 1.19. The van der Waals surface area contributed by atoms with Gasteiger partial charge in [-0.2, -0.15) is 0 Å². The van der Waals surface area contributed by atoms with Crippen LogP contribution in [0.5, 0.6) is 0 Å². The van der Waals surface area contributed by atoms with Crippen LogP contribution in [0.15, 0.2) is 31.0 Å². The Balaban J connectivity index is 2.22. The molecule has 1 aromatic heterocycles. The molecule has 0 aliphatic heterocycles. The van der Waals surface area contributed by atoms with Crippen LogP contribution in [0.1, 0.15) is 5.56 Å². The number of nitrogens with zero attached hydrogens (tertiary/aromatic N) is 1. The van der Waals surface area contributed by atoms with E-state index in [1.807, 2.05) is 6.07 Å².